The Bertz CT molecular complexity index is 310. The van der Waals surface area contributed by atoms with Crippen molar-refractivity contribution in [2.24, 2.45) is 5.73 Å². The van der Waals surface area contributed by atoms with Gasteiger partial charge in [0.1, 0.15) is 0 Å². The first kappa shape index (κ1) is 15.9. The van der Waals surface area contributed by atoms with Gasteiger partial charge in [0.15, 0.2) is 0 Å². The van der Waals surface area contributed by atoms with Gasteiger partial charge in [-0.2, -0.15) is 0 Å². The standard InChI is InChI=1S/C13H26N4O2/c1-10(2)15-12(18)9-16-4-6-17(7-5-16)13(19)8-11(3)14/h10-11H,4-9,14H2,1-3H3,(H,15,18). The van der Waals surface area contributed by atoms with E-state index in [4.69, 9.17) is 5.73 Å². The van der Waals surface area contributed by atoms with Crippen LogP contribution in [0.2, 0.25) is 0 Å². The molecule has 0 aliphatic carbocycles. The molecule has 0 aromatic heterocycles. The molecule has 0 aromatic carbocycles. The van der Waals surface area contributed by atoms with Crippen LogP contribution in [0.5, 0.6) is 0 Å². The first-order chi connectivity index (χ1) is 8.88. The van der Waals surface area contributed by atoms with E-state index >= 15 is 0 Å². The number of rotatable bonds is 5. The Hall–Kier alpha value is -1.14. The Morgan fingerprint density at radius 1 is 1.16 bits per heavy atom. The molecule has 1 atom stereocenters. The van der Waals surface area contributed by atoms with Crippen LogP contribution in [0.15, 0.2) is 0 Å². The fourth-order valence-corrected chi connectivity index (χ4v) is 2.13. The molecule has 6 nitrogen and oxygen atoms in total. The zero-order valence-corrected chi connectivity index (χ0v) is 12.2. The molecule has 0 spiro atoms. The topological polar surface area (TPSA) is 78.7 Å². The molecule has 1 fully saturated rings. The van der Waals surface area contributed by atoms with Crippen LogP contribution >= 0.6 is 0 Å². The normalized spacial score (nSPS) is 18.5. The van der Waals surface area contributed by atoms with Gasteiger partial charge in [-0.15, -0.1) is 0 Å². The minimum Gasteiger partial charge on any atom is -0.353 e. The Labute approximate surface area is 115 Å². The minimum atomic E-state index is -0.0950. The van der Waals surface area contributed by atoms with E-state index in [0.29, 0.717) is 26.1 Å². The lowest BCUT2D eigenvalue weighted by Gasteiger charge is -2.34. The summed E-state index contributed by atoms with van der Waals surface area (Å²) in [6.45, 7) is 9.00. The largest absolute Gasteiger partial charge is 0.353 e. The Balaban J connectivity index is 2.29. The van der Waals surface area contributed by atoms with Crippen molar-refractivity contribution < 1.29 is 9.59 Å². The van der Waals surface area contributed by atoms with Crippen molar-refractivity contribution in [3.8, 4) is 0 Å². The number of nitrogens with one attached hydrogen (secondary N) is 1. The number of carbonyl (C=O) groups is 2. The number of hydrogen-bond donors (Lipinski definition) is 2. The SMILES string of the molecule is CC(N)CC(=O)N1CCN(CC(=O)NC(C)C)CC1. The van der Waals surface area contributed by atoms with Crippen LogP contribution in [0.3, 0.4) is 0 Å². The van der Waals surface area contributed by atoms with E-state index in [1.165, 1.54) is 0 Å². The van der Waals surface area contributed by atoms with Crippen LogP contribution in [0.25, 0.3) is 0 Å². The molecular formula is C13H26N4O2. The van der Waals surface area contributed by atoms with Crippen LogP contribution in [-0.2, 0) is 9.59 Å². The molecule has 1 aliphatic heterocycles. The summed E-state index contributed by atoms with van der Waals surface area (Å²) in [6, 6.07) is 0.0729. The average molecular weight is 270 g/mol. The van der Waals surface area contributed by atoms with Crippen molar-refractivity contribution in [2.75, 3.05) is 32.7 Å². The van der Waals surface area contributed by atoms with Gasteiger partial charge in [-0.25, -0.2) is 0 Å². The summed E-state index contributed by atoms with van der Waals surface area (Å²) >= 11 is 0. The van der Waals surface area contributed by atoms with Gasteiger partial charge in [-0.05, 0) is 20.8 Å². The molecular weight excluding hydrogens is 244 g/mol. The third-order valence-corrected chi connectivity index (χ3v) is 3.04. The minimum absolute atomic E-state index is 0.0466. The molecule has 0 aromatic rings. The zero-order chi connectivity index (χ0) is 14.4. The second-order valence-corrected chi connectivity index (χ2v) is 5.56. The molecule has 3 N–H and O–H groups in total. The summed E-state index contributed by atoms with van der Waals surface area (Å²) in [5.41, 5.74) is 5.63. The molecule has 1 saturated heterocycles. The highest BCUT2D eigenvalue weighted by Gasteiger charge is 2.22. The number of carbonyl (C=O) groups excluding carboxylic acids is 2. The van der Waals surface area contributed by atoms with Crippen LogP contribution in [0.1, 0.15) is 27.2 Å². The fourth-order valence-electron chi connectivity index (χ4n) is 2.13. The van der Waals surface area contributed by atoms with E-state index in [2.05, 4.69) is 10.2 Å². The van der Waals surface area contributed by atoms with Crippen LogP contribution < -0.4 is 11.1 Å². The molecule has 110 valence electrons. The summed E-state index contributed by atoms with van der Waals surface area (Å²) in [5.74, 6) is 0.159. The van der Waals surface area contributed by atoms with Gasteiger partial charge < -0.3 is 16.0 Å². The summed E-state index contributed by atoms with van der Waals surface area (Å²) in [6.07, 6.45) is 0.397. The highest BCUT2D eigenvalue weighted by molar-refractivity contribution is 5.78. The van der Waals surface area contributed by atoms with E-state index in [9.17, 15) is 9.59 Å². The lowest BCUT2D eigenvalue weighted by atomic mass is 10.2. The van der Waals surface area contributed by atoms with Gasteiger partial charge in [0.25, 0.3) is 0 Å². The van der Waals surface area contributed by atoms with Gasteiger partial charge in [-0.3, -0.25) is 14.5 Å². The van der Waals surface area contributed by atoms with Crippen molar-refractivity contribution >= 4 is 11.8 Å². The molecule has 2 amide bonds. The van der Waals surface area contributed by atoms with Crippen molar-refractivity contribution in [3.63, 3.8) is 0 Å². The van der Waals surface area contributed by atoms with E-state index in [-0.39, 0.29) is 23.9 Å². The molecule has 19 heavy (non-hydrogen) atoms. The van der Waals surface area contributed by atoms with Crippen molar-refractivity contribution in [3.05, 3.63) is 0 Å². The van der Waals surface area contributed by atoms with Gasteiger partial charge in [0.05, 0.1) is 6.54 Å². The second kappa shape index (κ2) is 7.45. The molecule has 6 heteroatoms. The predicted molar refractivity (Wildman–Crippen MR) is 74.6 cm³/mol. The van der Waals surface area contributed by atoms with E-state index in [0.717, 1.165) is 13.1 Å². The number of piperazine rings is 1. The third kappa shape index (κ3) is 6.02. The highest BCUT2D eigenvalue weighted by Crippen LogP contribution is 2.04. The summed E-state index contributed by atoms with van der Waals surface area (Å²) in [5, 5.41) is 2.87. The molecule has 1 aliphatic rings. The number of hydrogen-bond acceptors (Lipinski definition) is 4. The maximum Gasteiger partial charge on any atom is 0.234 e. The zero-order valence-electron chi connectivity index (χ0n) is 12.2. The Kier molecular flexibility index (Phi) is 6.24. The molecule has 0 bridgehead atoms. The van der Waals surface area contributed by atoms with Crippen molar-refractivity contribution in [1.82, 2.24) is 15.1 Å². The summed E-state index contributed by atoms with van der Waals surface area (Å²) in [4.78, 5) is 27.4. The molecule has 1 rings (SSSR count). The first-order valence-corrected chi connectivity index (χ1v) is 6.93. The molecule has 1 unspecified atom stereocenters. The van der Waals surface area contributed by atoms with Crippen LogP contribution in [0.4, 0.5) is 0 Å². The number of nitrogens with zero attached hydrogens (tertiary/aromatic N) is 2. The van der Waals surface area contributed by atoms with Crippen LogP contribution in [0, 0.1) is 0 Å². The van der Waals surface area contributed by atoms with Gasteiger partial charge in [0, 0.05) is 44.7 Å². The van der Waals surface area contributed by atoms with Crippen molar-refractivity contribution in [1.29, 1.82) is 0 Å². The molecule has 0 saturated carbocycles. The van der Waals surface area contributed by atoms with Gasteiger partial charge >= 0.3 is 0 Å². The Morgan fingerprint density at radius 3 is 2.21 bits per heavy atom. The average Bonchev–Trinajstić information content (AvgIpc) is 2.27. The van der Waals surface area contributed by atoms with E-state index in [1.54, 1.807) is 0 Å². The van der Waals surface area contributed by atoms with E-state index < -0.39 is 0 Å². The molecule has 1 heterocycles. The Morgan fingerprint density at radius 2 is 1.74 bits per heavy atom. The first-order valence-electron chi connectivity index (χ1n) is 6.93. The quantitative estimate of drug-likeness (QED) is 0.699. The lowest BCUT2D eigenvalue weighted by molar-refractivity contribution is -0.133. The smallest absolute Gasteiger partial charge is 0.234 e. The highest BCUT2D eigenvalue weighted by atomic mass is 16.2. The predicted octanol–water partition coefficient (Wildman–Crippen LogP) is -0.607. The van der Waals surface area contributed by atoms with Crippen molar-refractivity contribution in [2.45, 2.75) is 39.3 Å². The maximum absolute atomic E-state index is 11.8. The van der Waals surface area contributed by atoms with Crippen LogP contribution in [-0.4, -0.2) is 66.4 Å². The monoisotopic (exact) mass is 270 g/mol. The molecule has 0 radical (unpaired) electrons. The van der Waals surface area contributed by atoms with Gasteiger partial charge in [0.2, 0.25) is 11.8 Å². The third-order valence-electron chi connectivity index (χ3n) is 3.04. The summed E-state index contributed by atoms with van der Waals surface area (Å²) in [7, 11) is 0. The number of amides is 2. The fraction of sp³-hybridized carbons (Fsp3) is 0.846. The van der Waals surface area contributed by atoms with E-state index in [1.807, 2.05) is 25.7 Å². The summed E-state index contributed by atoms with van der Waals surface area (Å²) < 4.78 is 0. The number of nitrogens with two attached hydrogens (primary N) is 1. The maximum atomic E-state index is 11.8. The second-order valence-electron chi connectivity index (χ2n) is 5.56. The van der Waals surface area contributed by atoms with Gasteiger partial charge in [-0.1, -0.05) is 0 Å². The lowest BCUT2D eigenvalue weighted by Crippen LogP contribution is -2.52.